The van der Waals surface area contributed by atoms with E-state index < -0.39 is 0 Å². The molecule has 0 aromatic carbocycles. The van der Waals surface area contributed by atoms with Gasteiger partial charge in [0.15, 0.2) is 0 Å². The molecule has 19 heavy (non-hydrogen) atoms. The second-order valence-electron chi connectivity index (χ2n) is 7.55. The SMILES string of the molecule is CN1CCC(CNC2C3CCCOC3C2(C)C)CC1. The number of nitrogens with zero attached hydrogens (tertiary/aromatic N) is 1. The monoisotopic (exact) mass is 266 g/mol. The van der Waals surface area contributed by atoms with Crippen LogP contribution in [-0.4, -0.2) is 50.3 Å². The molecule has 0 aromatic heterocycles. The van der Waals surface area contributed by atoms with E-state index in [4.69, 9.17) is 4.74 Å². The molecule has 0 aromatic rings. The Labute approximate surface area is 118 Å². The third-order valence-electron chi connectivity index (χ3n) is 5.80. The Morgan fingerprint density at radius 2 is 1.95 bits per heavy atom. The molecular weight excluding hydrogens is 236 g/mol. The van der Waals surface area contributed by atoms with Crippen LogP contribution in [-0.2, 0) is 4.74 Å². The van der Waals surface area contributed by atoms with Crippen LogP contribution < -0.4 is 5.32 Å². The summed E-state index contributed by atoms with van der Waals surface area (Å²) in [6.07, 6.45) is 5.85. The predicted octanol–water partition coefficient (Wildman–Crippen LogP) is 2.12. The Balaban J connectivity index is 1.49. The van der Waals surface area contributed by atoms with E-state index >= 15 is 0 Å². The molecule has 0 radical (unpaired) electrons. The quantitative estimate of drug-likeness (QED) is 0.847. The lowest BCUT2D eigenvalue weighted by molar-refractivity contribution is -0.193. The van der Waals surface area contributed by atoms with Gasteiger partial charge in [-0.25, -0.2) is 0 Å². The molecule has 3 rings (SSSR count). The number of ether oxygens (including phenoxy) is 1. The largest absolute Gasteiger partial charge is 0.377 e. The van der Waals surface area contributed by atoms with E-state index in [1.54, 1.807) is 0 Å². The normalized spacial score (nSPS) is 39.6. The van der Waals surface area contributed by atoms with Crippen molar-refractivity contribution in [2.24, 2.45) is 17.3 Å². The fourth-order valence-corrected chi connectivity index (χ4v) is 4.50. The van der Waals surface area contributed by atoms with Gasteiger partial charge in [0, 0.05) is 24.0 Å². The first-order chi connectivity index (χ1) is 9.09. The van der Waals surface area contributed by atoms with Crippen LogP contribution in [0.3, 0.4) is 0 Å². The standard InChI is InChI=1S/C16H30N2O/c1-16(2)14(13-5-4-10-19-15(13)16)17-11-12-6-8-18(3)9-7-12/h12-15,17H,4-11H2,1-3H3. The molecule has 2 saturated heterocycles. The summed E-state index contributed by atoms with van der Waals surface area (Å²) in [4.78, 5) is 2.45. The van der Waals surface area contributed by atoms with Crippen molar-refractivity contribution in [2.45, 2.75) is 51.7 Å². The molecule has 3 aliphatic rings. The molecule has 3 unspecified atom stereocenters. The Hall–Kier alpha value is -0.120. The lowest BCUT2D eigenvalue weighted by Gasteiger charge is -2.60. The van der Waals surface area contributed by atoms with Gasteiger partial charge < -0.3 is 15.0 Å². The van der Waals surface area contributed by atoms with Crippen LogP contribution in [0, 0.1) is 17.3 Å². The van der Waals surface area contributed by atoms with E-state index in [1.807, 2.05) is 0 Å². The van der Waals surface area contributed by atoms with Crippen molar-refractivity contribution in [3.63, 3.8) is 0 Å². The molecule has 3 heteroatoms. The highest BCUT2D eigenvalue weighted by Gasteiger charge is 2.57. The van der Waals surface area contributed by atoms with Crippen molar-refractivity contribution in [3.05, 3.63) is 0 Å². The molecule has 3 fully saturated rings. The maximum Gasteiger partial charge on any atom is 0.0684 e. The van der Waals surface area contributed by atoms with Crippen molar-refractivity contribution in [2.75, 3.05) is 33.3 Å². The third-order valence-corrected chi connectivity index (χ3v) is 5.80. The lowest BCUT2D eigenvalue weighted by Crippen LogP contribution is -2.69. The van der Waals surface area contributed by atoms with Crippen LogP contribution in [0.4, 0.5) is 0 Å². The zero-order valence-electron chi connectivity index (χ0n) is 12.8. The van der Waals surface area contributed by atoms with Gasteiger partial charge in [-0.3, -0.25) is 0 Å². The first-order valence-electron chi connectivity index (χ1n) is 8.12. The number of hydrogen-bond donors (Lipinski definition) is 1. The molecule has 2 aliphatic heterocycles. The Bertz CT molecular complexity index is 310. The van der Waals surface area contributed by atoms with Gasteiger partial charge in [-0.05, 0) is 58.3 Å². The first kappa shape index (κ1) is 13.8. The smallest absolute Gasteiger partial charge is 0.0684 e. The van der Waals surface area contributed by atoms with Crippen LogP contribution in [0.15, 0.2) is 0 Å². The van der Waals surface area contributed by atoms with Crippen molar-refractivity contribution in [1.82, 2.24) is 10.2 Å². The third kappa shape index (κ3) is 2.57. The average Bonchev–Trinajstić information content (AvgIpc) is 2.41. The van der Waals surface area contributed by atoms with Crippen molar-refractivity contribution in [1.29, 1.82) is 0 Å². The Morgan fingerprint density at radius 1 is 1.21 bits per heavy atom. The van der Waals surface area contributed by atoms with Gasteiger partial charge in [-0.2, -0.15) is 0 Å². The van der Waals surface area contributed by atoms with Crippen LogP contribution in [0.1, 0.15) is 39.5 Å². The summed E-state index contributed by atoms with van der Waals surface area (Å²) in [7, 11) is 2.24. The number of fused-ring (bicyclic) bond motifs is 1. The van der Waals surface area contributed by atoms with E-state index in [-0.39, 0.29) is 0 Å². The molecular formula is C16H30N2O. The van der Waals surface area contributed by atoms with E-state index in [9.17, 15) is 0 Å². The topological polar surface area (TPSA) is 24.5 Å². The minimum atomic E-state index is 0.330. The molecule has 0 bridgehead atoms. The van der Waals surface area contributed by atoms with Crippen LogP contribution in [0.5, 0.6) is 0 Å². The van der Waals surface area contributed by atoms with Crippen LogP contribution >= 0.6 is 0 Å². The summed E-state index contributed by atoms with van der Waals surface area (Å²) in [6, 6.07) is 0.678. The highest BCUT2D eigenvalue weighted by molar-refractivity contribution is 5.10. The predicted molar refractivity (Wildman–Crippen MR) is 78.3 cm³/mol. The summed E-state index contributed by atoms with van der Waals surface area (Å²) < 4.78 is 5.98. The van der Waals surface area contributed by atoms with Gasteiger partial charge in [0.1, 0.15) is 0 Å². The summed E-state index contributed by atoms with van der Waals surface area (Å²) in [5.74, 6) is 1.66. The van der Waals surface area contributed by atoms with Crippen LogP contribution in [0.2, 0.25) is 0 Å². The summed E-state index contributed by atoms with van der Waals surface area (Å²) in [6.45, 7) is 9.50. The fourth-order valence-electron chi connectivity index (χ4n) is 4.50. The zero-order valence-corrected chi connectivity index (χ0v) is 12.8. The Kier molecular flexibility index (Phi) is 3.89. The fraction of sp³-hybridized carbons (Fsp3) is 1.00. The molecule has 1 saturated carbocycles. The van der Waals surface area contributed by atoms with Gasteiger partial charge in [-0.1, -0.05) is 13.8 Å². The summed E-state index contributed by atoms with van der Waals surface area (Å²) in [5, 5.41) is 3.89. The second kappa shape index (κ2) is 5.34. The van der Waals surface area contributed by atoms with Crippen molar-refractivity contribution < 1.29 is 4.74 Å². The first-order valence-corrected chi connectivity index (χ1v) is 8.12. The molecule has 0 amide bonds. The van der Waals surface area contributed by atoms with E-state index in [1.165, 1.54) is 45.3 Å². The van der Waals surface area contributed by atoms with Gasteiger partial charge in [0.25, 0.3) is 0 Å². The molecule has 110 valence electrons. The maximum atomic E-state index is 5.98. The van der Waals surface area contributed by atoms with E-state index in [2.05, 4.69) is 31.1 Å². The van der Waals surface area contributed by atoms with E-state index in [0.717, 1.165) is 18.4 Å². The highest BCUT2D eigenvalue weighted by Crippen LogP contribution is 2.51. The van der Waals surface area contributed by atoms with Gasteiger partial charge in [0.2, 0.25) is 0 Å². The minimum absolute atomic E-state index is 0.330. The molecule has 3 nitrogen and oxygen atoms in total. The number of hydrogen-bond acceptors (Lipinski definition) is 3. The average molecular weight is 266 g/mol. The summed E-state index contributed by atoms with van der Waals surface area (Å²) >= 11 is 0. The van der Waals surface area contributed by atoms with Crippen molar-refractivity contribution in [3.8, 4) is 0 Å². The number of piperidine rings is 1. The van der Waals surface area contributed by atoms with E-state index in [0.29, 0.717) is 17.6 Å². The zero-order chi connectivity index (χ0) is 13.5. The van der Waals surface area contributed by atoms with Crippen LogP contribution in [0.25, 0.3) is 0 Å². The van der Waals surface area contributed by atoms with Crippen molar-refractivity contribution >= 4 is 0 Å². The number of likely N-dealkylation sites (tertiary alicyclic amines) is 1. The minimum Gasteiger partial charge on any atom is -0.377 e. The number of nitrogens with one attached hydrogen (secondary N) is 1. The molecule has 1 aliphatic carbocycles. The second-order valence-corrected chi connectivity index (χ2v) is 7.55. The molecule has 1 N–H and O–H groups in total. The molecule has 0 spiro atoms. The highest BCUT2D eigenvalue weighted by atomic mass is 16.5. The number of rotatable bonds is 3. The van der Waals surface area contributed by atoms with Gasteiger partial charge >= 0.3 is 0 Å². The lowest BCUT2D eigenvalue weighted by atomic mass is 9.55. The maximum absolute atomic E-state index is 5.98. The molecule has 2 heterocycles. The Morgan fingerprint density at radius 3 is 2.68 bits per heavy atom. The summed E-state index contributed by atoms with van der Waals surface area (Å²) in [5.41, 5.74) is 0.330. The molecule has 3 atom stereocenters. The van der Waals surface area contributed by atoms with Gasteiger partial charge in [0.05, 0.1) is 6.10 Å². The van der Waals surface area contributed by atoms with Gasteiger partial charge in [-0.15, -0.1) is 0 Å².